The number of thiophene rings is 1. The SMILES string of the molecule is CSc1nnc(Cn2cnc3sc4c(c3c2=O)CCCC4)o1. The van der Waals surface area contributed by atoms with Gasteiger partial charge in [0.25, 0.3) is 10.8 Å². The molecule has 114 valence electrons. The van der Waals surface area contributed by atoms with Gasteiger partial charge in [0, 0.05) is 4.88 Å². The number of aryl methyl sites for hydroxylation is 2. The van der Waals surface area contributed by atoms with Crippen LogP contribution in [0.3, 0.4) is 0 Å². The van der Waals surface area contributed by atoms with Crippen LogP contribution in [0.4, 0.5) is 0 Å². The van der Waals surface area contributed by atoms with Crippen LogP contribution in [0, 0.1) is 0 Å². The maximum atomic E-state index is 12.8. The van der Waals surface area contributed by atoms with E-state index in [0.29, 0.717) is 11.1 Å². The van der Waals surface area contributed by atoms with Crippen LogP contribution in [0.2, 0.25) is 0 Å². The molecule has 0 N–H and O–H groups in total. The number of nitrogens with zero attached hydrogens (tertiary/aromatic N) is 4. The van der Waals surface area contributed by atoms with Crippen LogP contribution in [-0.2, 0) is 19.4 Å². The molecular formula is C14H14N4O2S2. The summed E-state index contributed by atoms with van der Waals surface area (Å²) in [7, 11) is 0. The van der Waals surface area contributed by atoms with E-state index in [9.17, 15) is 4.79 Å². The van der Waals surface area contributed by atoms with Crippen molar-refractivity contribution in [3.05, 3.63) is 33.0 Å². The van der Waals surface area contributed by atoms with Crippen LogP contribution in [0.1, 0.15) is 29.2 Å². The van der Waals surface area contributed by atoms with Crippen molar-refractivity contribution in [2.45, 2.75) is 37.5 Å². The Labute approximate surface area is 134 Å². The number of fused-ring (bicyclic) bond motifs is 3. The van der Waals surface area contributed by atoms with E-state index in [2.05, 4.69) is 15.2 Å². The maximum Gasteiger partial charge on any atom is 0.276 e. The maximum absolute atomic E-state index is 12.8. The van der Waals surface area contributed by atoms with Gasteiger partial charge in [-0.2, -0.15) is 0 Å². The highest BCUT2D eigenvalue weighted by Crippen LogP contribution is 2.33. The fourth-order valence-electron chi connectivity index (χ4n) is 2.82. The number of aromatic nitrogens is 4. The fourth-order valence-corrected chi connectivity index (χ4v) is 4.35. The Kier molecular flexibility index (Phi) is 3.50. The van der Waals surface area contributed by atoms with E-state index < -0.39 is 0 Å². The first kappa shape index (κ1) is 14.0. The van der Waals surface area contributed by atoms with Gasteiger partial charge in [-0.1, -0.05) is 11.8 Å². The summed E-state index contributed by atoms with van der Waals surface area (Å²) < 4.78 is 7.01. The molecule has 0 saturated heterocycles. The third-order valence-electron chi connectivity index (χ3n) is 3.87. The first-order valence-corrected chi connectivity index (χ1v) is 9.16. The zero-order valence-corrected chi connectivity index (χ0v) is 13.7. The molecule has 0 aliphatic heterocycles. The Morgan fingerprint density at radius 2 is 2.23 bits per heavy atom. The highest BCUT2D eigenvalue weighted by Gasteiger charge is 2.20. The first-order valence-electron chi connectivity index (χ1n) is 7.12. The predicted octanol–water partition coefficient (Wildman–Crippen LogP) is 2.49. The number of thioether (sulfide) groups is 1. The van der Waals surface area contributed by atoms with E-state index in [1.807, 2.05) is 6.26 Å². The first-order chi connectivity index (χ1) is 10.8. The predicted molar refractivity (Wildman–Crippen MR) is 85.7 cm³/mol. The third kappa shape index (κ3) is 2.26. The summed E-state index contributed by atoms with van der Waals surface area (Å²) in [6.45, 7) is 0.264. The Balaban J connectivity index is 1.78. The van der Waals surface area contributed by atoms with Crippen LogP contribution in [0.5, 0.6) is 0 Å². The minimum Gasteiger partial charge on any atom is -0.414 e. The second-order valence-corrected chi connectivity index (χ2v) is 7.08. The van der Waals surface area contributed by atoms with Gasteiger partial charge in [0.05, 0.1) is 11.7 Å². The van der Waals surface area contributed by atoms with Crippen molar-refractivity contribution in [2.75, 3.05) is 6.26 Å². The highest BCUT2D eigenvalue weighted by molar-refractivity contribution is 7.98. The molecule has 3 heterocycles. The van der Waals surface area contributed by atoms with Gasteiger partial charge in [-0.05, 0) is 37.5 Å². The highest BCUT2D eigenvalue weighted by atomic mass is 32.2. The summed E-state index contributed by atoms with van der Waals surface area (Å²) in [5.74, 6) is 0.427. The van der Waals surface area contributed by atoms with Crippen molar-refractivity contribution in [1.82, 2.24) is 19.7 Å². The average molecular weight is 334 g/mol. The van der Waals surface area contributed by atoms with E-state index in [1.165, 1.54) is 28.6 Å². The minimum absolute atomic E-state index is 0.00620. The summed E-state index contributed by atoms with van der Waals surface area (Å²) in [6.07, 6.45) is 7.84. The Morgan fingerprint density at radius 3 is 3.05 bits per heavy atom. The summed E-state index contributed by atoms with van der Waals surface area (Å²) in [4.78, 5) is 19.4. The number of rotatable bonds is 3. The molecule has 0 bridgehead atoms. The topological polar surface area (TPSA) is 73.8 Å². The molecule has 1 aliphatic rings. The van der Waals surface area contributed by atoms with Crippen LogP contribution < -0.4 is 5.56 Å². The quantitative estimate of drug-likeness (QED) is 0.685. The van der Waals surface area contributed by atoms with E-state index in [-0.39, 0.29) is 12.1 Å². The van der Waals surface area contributed by atoms with Crippen LogP contribution in [-0.4, -0.2) is 26.0 Å². The fraction of sp³-hybridized carbons (Fsp3) is 0.429. The third-order valence-corrected chi connectivity index (χ3v) is 5.58. The van der Waals surface area contributed by atoms with Gasteiger partial charge < -0.3 is 4.42 Å². The van der Waals surface area contributed by atoms with Gasteiger partial charge in [0.2, 0.25) is 5.89 Å². The van der Waals surface area contributed by atoms with Gasteiger partial charge in [0.1, 0.15) is 11.4 Å². The summed E-state index contributed by atoms with van der Waals surface area (Å²) in [5.41, 5.74) is 1.20. The molecule has 0 radical (unpaired) electrons. The van der Waals surface area contributed by atoms with Gasteiger partial charge in [-0.3, -0.25) is 9.36 Å². The minimum atomic E-state index is -0.00620. The molecule has 22 heavy (non-hydrogen) atoms. The van der Waals surface area contributed by atoms with E-state index in [1.54, 1.807) is 22.2 Å². The standard InChI is InChI=1S/C14H14N4O2S2/c1-21-14-17-16-10(20-14)6-18-7-15-12-11(13(18)19)8-4-2-3-5-9(8)22-12/h7H,2-6H2,1H3. The molecule has 3 aromatic heterocycles. The molecule has 6 nitrogen and oxygen atoms in total. The summed E-state index contributed by atoms with van der Waals surface area (Å²) in [6, 6.07) is 0. The molecular weight excluding hydrogens is 320 g/mol. The molecule has 0 unspecified atom stereocenters. The Bertz CT molecular complexity index is 896. The van der Waals surface area contributed by atoms with Gasteiger partial charge in [0.15, 0.2) is 0 Å². The van der Waals surface area contributed by atoms with E-state index in [0.717, 1.165) is 29.5 Å². The molecule has 4 rings (SSSR count). The molecule has 0 amide bonds. The lowest BCUT2D eigenvalue weighted by Gasteiger charge is -2.10. The summed E-state index contributed by atoms with van der Waals surface area (Å²) >= 11 is 3.04. The molecule has 0 aromatic carbocycles. The monoisotopic (exact) mass is 334 g/mol. The van der Waals surface area contributed by atoms with Crippen molar-refractivity contribution in [2.24, 2.45) is 0 Å². The van der Waals surface area contributed by atoms with Gasteiger partial charge >= 0.3 is 0 Å². The second kappa shape index (κ2) is 5.51. The lowest BCUT2D eigenvalue weighted by molar-refractivity contribution is 0.402. The zero-order chi connectivity index (χ0) is 15.1. The molecule has 0 atom stereocenters. The second-order valence-electron chi connectivity index (χ2n) is 5.23. The number of hydrogen-bond donors (Lipinski definition) is 0. The molecule has 0 saturated carbocycles. The van der Waals surface area contributed by atoms with Crippen molar-refractivity contribution in [3.8, 4) is 0 Å². The van der Waals surface area contributed by atoms with Crippen molar-refractivity contribution >= 4 is 33.3 Å². The molecule has 3 aromatic rings. The van der Waals surface area contributed by atoms with E-state index in [4.69, 9.17) is 4.42 Å². The number of hydrogen-bond acceptors (Lipinski definition) is 7. The van der Waals surface area contributed by atoms with Crippen LogP contribution in [0.15, 0.2) is 20.8 Å². The van der Waals surface area contributed by atoms with Crippen LogP contribution in [0.25, 0.3) is 10.2 Å². The van der Waals surface area contributed by atoms with Crippen molar-refractivity contribution in [1.29, 1.82) is 0 Å². The normalized spacial score (nSPS) is 14.4. The van der Waals surface area contributed by atoms with Crippen LogP contribution >= 0.6 is 23.1 Å². The molecule has 0 spiro atoms. The van der Waals surface area contributed by atoms with Crippen molar-refractivity contribution < 1.29 is 4.42 Å². The largest absolute Gasteiger partial charge is 0.414 e. The molecule has 8 heteroatoms. The van der Waals surface area contributed by atoms with Gasteiger partial charge in [-0.15, -0.1) is 21.5 Å². The lowest BCUT2D eigenvalue weighted by atomic mass is 9.97. The van der Waals surface area contributed by atoms with Gasteiger partial charge in [-0.25, -0.2) is 4.98 Å². The smallest absolute Gasteiger partial charge is 0.276 e. The Morgan fingerprint density at radius 1 is 1.36 bits per heavy atom. The average Bonchev–Trinajstić information content (AvgIpc) is 3.14. The summed E-state index contributed by atoms with van der Waals surface area (Å²) in [5, 5.41) is 9.14. The molecule has 0 fully saturated rings. The Hall–Kier alpha value is -1.67. The van der Waals surface area contributed by atoms with E-state index >= 15 is 0 Å². The molecule has 1 aliphatic carbocycles. The lowest BCUT2D eigenvalue weighted by Crippen LogP contribution is -2.21. The zero-order valence-electron chi connectivity index (χ0n) is 12.0. The van der Waals surface area contributed by atoms with Crippen molar-refractivity contribution in [3.63, 3.8) is 0 Å².